The zero-order valence-electron chi connectivity index (χ0n) is 12.2. The van der Waals surface area contributed by atoms with E-state index in [0.29, 0.717) is 11.3 Å². The van der Waals surface area contributed by atoms with E-state index >= 15 is 0 Å². The number of amides is 2. The van der Waals surface area contributed by atoms with Gasteiger partial charge in [-0.1, -0.05) is 17.7 Å². The van der Waals surface area contributed by atoms with Crippen molar-refractivity contribution in [1.29, 1.82) is 0 Å². The summed E-state index contributed by atoms with van der Waals surface area (Å²) in [6.45, 7) is 0. The molecule has 6 nitrogen and oxygen atoms in total. The summed E-state index contributed by atoms with van der Waals surface area (Å²) in [4.78, 5) is 26.0. The Morgan fingerprint density at radius 3 is 2.96 bits per heavy atom. The molecule has 1 aromatic carbocycles. The average Bonchev–Trinajstić information content (AvgIpc) is 3.11. The van der Waals surface area contributed by atoms with Crippen LogP contribution >= 0.6 is 11.6 Å². The van der Waals surface area contributed by atoms with E-state index in [1.165, 1.54) is 29.4 Å². The van der Waals surface area contributed by atoms with E-state index in [1.807, 2.05) is 0 Å². The molecule has 0 unspecified atom stereocenters. The molecule has 1 aromatic heterocycles. The highest BCUT2D eigenvalue weighted by Gasteiger charge is 2.42. The number of carbonyl (C=O) groups is 2. The number of benzene rings is 1. The number of aromatic nitrogens is 2. The number of likely N-dealkylation sites (tertiary alicyclic amines) is 1. The summed E-state index contributed by atoms with van der Waals surface area (Å²) in [5.41, 5.74) is 1.05. The summed E-state index contributed by atoms with van der Waals surface area (Å²) in [6, 6.07) is 3.78. The van der Waals surface area contributed by atoms with Crippen molar-refractivity contribution < 1.29 is 14.0 Å². The largest absolute Gasteiger partial charge is 0.338 e. The van der Waals surface area contributed by atoms with Crippen LogP contribution < -0.4 is 5.32 Å². The smallest absolute Gasteiger partial charge is 0.230 e. The number of hydrogen-bond donors (Lipinski definition) is 2. The zero-order valence-corrected chi connectivity index (χ0v) is 13.0. The average molecular weight is 337 g/mol. The maximum Gasteiger partial charge on any atom is 0.230 e. The third-order valence-electron chi connectivity index (χ3n) is 3.97. The molecule has 1 fully saturated rings. The molecule has 0 aliphatic carbocycles. The fraction of sp³-hybridized carbons (Fsp3) is 0.267. The number of nitrogens with zero attached hydrogens (tertiary/aromatic N) is 2. The van der Waals surface area contributed by atoms with Crippen molar-refractivity contribution in [2.24, 2.45) is 5.92 Å². The van der Waals surface area contributed by atoms with Gasteiger partial charge in [-0.05, 0) is 17.7 Å². The van der Waals surface area contributed by atoms with E-state index in [0.717, 1.165) is 0 Å². The Kier molecular flexibility index (Phi) is 4.04. The normalized spacial score (nSPS) is 20.8. The summed E-state index contributed by atoms with van der Waals surface area (Å²) in [7, 11) is 1.60. The van der Waals surface area contributed by atoms with Crippen LogP contribution in [0.5, 0.6) is 0 Å². The molecule has 8 heteroatoms. The molecule has 120 valence electrons. The van der Waals surface area contributed by atoms with Crippen LogP contribution in [0.4, 0.5) is 10.1 Å². The Labute approximate surface area is 136 Å². The molecule has 2 N–H and O–H groups in total. The van der Waals surface area contributed by atoms with Gasteiger partial charge in [-0.2, -0.15) is 5.10 Å². The summed E-state index contributed by atoms with van der Waals surface area (Å²) in [5, 5.41) is 9.04. The zero-order chi connectivity index (χ0) is 16.6. The van der Waals surface area contributed by atoms with Gasteiger partial charge in [0, 0.05) is 19.7 Å². The molecule has 2 amide bonds. The summed E-state index contributed by atoms with van der Waals surface area (Å²) in [6.07, 6.45) is 3.07. The maximum atomic E-state index is 13.7. The predicted molar refractivity (Wildman–Crippen MR) is 82.2 cm³/mol. The first-order valence-corrected chi connectivity index (χ1v) is 7.35. The van der Waals surface area contributed by atoms with Gasteiger partial charge in [0.05, 0.1) is 28.9 Å². The van der Waals surface area contributed by atoms with Crippen molar-refractivity contribution in [1.82, 2.24) is 15.1 Å². The molecule has 1 aliphatic rings. The highest BCUT2D eigenvalue weighted by Crippen LogP contribution is 2.38. The first kappa shape index (κ1) is 15.5. The third kappa shape index (κ3) is 2.92. The predicted octanol–water partition coefficient (Wildman–Crippen LogP) is 2.36. The number of hydrogen-bond acceptors (Lipinski definition) is 3. The SMILES string of the molecule is CN1C(=O)C[C@H](C(=O)Nc2cn[nH]c2)[C@@H]1c1ccc(Cl)c(F)c1. The standard InChI is InChI=1S/C15H14ClFN4O2/c1-21-13(22)5-10(15(23)20-9-6-18-19-7-9)14(21)8-2-3-11(16)12(17)4-8/h2-4,6-7,10,14H,5H2,1H3,(H,18,19)(H,20,23)/t10-,14-/m0/s1. The highest BCUT2D eigenvalue weighted by atomic mass is 35.5. The minimum Gasteiger partial charge on any atom is -0.338 e. The van der Waals surface area contributed by atoms with Crippen molar-refractivity contribution in [3.05, 3.63) is 47.0 Å². The Bertz CT molecular complexity index is 750. The molecular weight excluding hydrogens is 323 g/mol. The van der Waals surface area contributed by atoms with Crippen LogP contribution in [-0.2, 0) is 9.59 Å². The van der Waals surface area contributed by atoms with Gasteiger partial charge < -0.3 is 10.2 Å². The maximum absolute atomic E-state index is 13.7. The number of nitrogens with one attached hydrogen (secondary N) is 2. The van der Waals surface area contributed by atoms with Crippen LogP contribution in [0.3, 0.4) is 0 Å². The Morgan fingerprint density at radius 1 is 1.52 bits per heavy atom. The lowest BCUT2D eigenvalue weighted by Crippen LogP contribution is -2.30. The molecule has 2 aromatic rings. The number of anilines is 1. The monoisotopic (exact) mass is 336 g/mol. The lowest BCUT2D eigenvalue weighted by atomic mass is 9.93. The van der Waals surface area contributed by atoms with E-state index in [-0.39, 0.29) is 23.3 Å². The molecule has 0 radical (unpaired) electrons. The Hall–Kier alpha value is -2.41. The molecular formula is C15H14ClFN4O2. The van der Waals surface area contributed by atoms with Gasteiger partial charge in [-0.25, -0.2) is 4.39 Å². The van der Waals surface area contributed by atoms with Crippen LogP contribution in [0.15, 0.2) is 30.6 Å². The lowest BCUT2D eigenvalue weighted by Gasteiger charge is -2.25. The molecule has 0 saturated carbocycles. The van der Waals surface area contributed by atoms with E-state index in [1.54, 1.807) is 13.1 Å². The van der Waals surface area contributed by atoms with Crippen LogP contribution in [0.1, 0.15) is 18.0 Å². The van der Waals surface area contributed by atoms with Crippen molar-refractivity contribution in [2.75, 3.05) is 12.4 Å². The van der Waals surface area contributed by atoms with E-state index in [9.17, 15) is 14.0 Å². The van der Waals surface area contributed by atoms with E-state index < -0.39 is 17.8 Å². The second kappa shape index (κ2) is 6.00. The minimum absolute atomic E-state index is 0.000116. The van der Waals surface area contributed by atoms with Gasteiger partial charge in [0.2, 0.25) is 11.8 Å². The number of H-pyrrole nitrogens is 1. The molecule has 1 aliphatic heterocycles. The van der Waals surface area contributed by atoms with Gasteiger partial charge in [0.25, 0.3) is 0 Å². The van der Waals surface area contributed by atoms with Crippen LogP contribution in [0, 0.1) is 11.7 Å². The lowest BCUT2D eigenvalue weighted by molar-refractivity contribution is -0.127. The first-order valence-electron chi connectivity index (χ1n) is 6.97. The van der Waals surface area contributed by atoms with Crippen LogP contribution in [0.2, 0.25) is 5.02 Å². The molecule has 1 saturated heterocycles. The van der Waals surface area contributed by atoms with Crippen molar-refractivity contribution in [2.45, 2.75) is 12.5 Å². The third-order valence-corrected chi connectivity index (χ3v) is 4.28. The van der Waals surface area contributed by atoms with Crippen LogP contribution in [0.25, 0.3) is 0 Å². The fourth-order valence-electron chi connectivity index (χ4n) is 2.81. The second-order valence-corrected chi connectivity index (χ2v) is 5.82. The number of halogens is 2. The summed E-state index contributed by atoms with van der Waals surface area (Å²) < 4.78 is 13.7. The topological polar surface area (TPSA) is 78.1 Å². The Balaban J connectivity index is 1.89. The molecule has 2 atom stereocenters. The van der Waals surface area contributed by atoms with Gasteiger partial charge >= 0.3 is 0 Å². The van der Waals surface area contributed by atoms with Crippen molar-refractivity contribution in [3.8, 4) is 0 Å². The minimum atomic E-state index is -0.622. The Morgan fingerprint density at radius 2 is 2.30 bits per heavy atom. The quantitative estimate of drug-likeness (QED) is 0.903. The van der Waals surface area contributed by atoms with Crippen molar-refractivity contribution >= 4 is 29.1 Å². The first-order chi connectivity index (χ1) is 11.0. The molecule has 23 heavy (non-hydrogen) atoms. The van der Waals surface area contributed by atoms with Gasteiger partial charge in [-0.3, -0.25) is 14.7 Å². The van der Waals surface area contributed by atoms with E-state index in [4.69, 9.17) is 11.6 Å². The van der Waals surface area contributed by atoms with Crippen molar-refractivity contribution in [3.63, 3.8) is 0 Å². The number of rotatable bonds is 3. The molecule has 2 heterocycles. The fourth-order valence-corrected chi connectivity index (χ4v) is 2.93. The number of carbonyl (C=O) groups excluding carboxylic acids is 2. The van der Waals surface area contributed by atoms with Gasteiger partial charge in [0.1, 0.15) is 5.82 Å². The molecule has 0 spiro atoms. The highest BCUT2D eigenvalue weighted by molar-refractivity contribution is 6.30. The van der Waals surface area contributed by atoms with E-state index in [2.05, 4.69) is 15.5 Å². The molecule has 0 bridgehead atoms. The van der Waals surface area contributed by atoms with Crippen LogP contribution in [-0.4, -0.2) is 34.0 Å². The van der Waals surface area contributed by atoms with Gasteiger partial charge in [-0.15, -0.1) is 0 Å². The summed E-state index contributed by atoms with van der Waals surface area (Å²) in [5.74, 6) is -1.68. The van der Waals surface area contributed by atoms with Gasteiger partial charge in [0.15, 0.2) is 0 Å². The second-order valence-electron chi connectivity index (χ2n) is 5.41. The molecule has 3 rings (SSSR count). The number of aromatic amines is 1. The summed E-state index contributed by atoms with van der Waals surface area (Å²) >= 11 is 5.70.